The number of nitro groups is 1. The minimum atomic E-state index is -0.406. The second-order valence-corrected chi connectivity index (χ2v) is 5.16. The van der Waals surface area contributed by atoms with Crippen molar-refractivity contribution in [3.63, 3.8) is 0 Å². The van der Waals surface area contributed by atoms with Gasteiger partial charge in [-0.3, -0.25) is 10.1 Å². The number of ether oxygens (including phenoxy) is 2. The highest BCUT2D eigenvalue weighted by atomic mass is 16.7. The van der Waals surface area contributed by atoms with Gasteiger partial charge in [0.2, 0.25) is 6.79 Å². The summed E-state index contributed by atoms with van der Waals surface area (Å²) in [5.74, 6) is 1.32. The maximum atomic E-state index is 11.2. The Morgan fingerprint density at radius 3 is 2.80 bits per heavy atom. The predicted octanol–water partition coefficient (Wildman–Crippen LogP) is 1.86. The van der Waals surface area contributed by atoms with E-state index in [-0.39, 0.29) is 18.5 Å². The summed E-state index contributed by atoms with van der Waals surface area (Å²) >= 11 is 0. The van der Waals surface area contributed by atoms with Crippen molar-refractivity contribution in [1.82, 2.24) is 0 Å². The van der Waals surface area contributed by atoms with Crippen LogP contribution >= 0.6 is 0 Å². The third kappa shape index (κ3) is 2.24. The molecule has 20 heavy (non-hydrogen) atoms. The lowest BCUT2D eigenvalue weighted by Crippen LogP contribution is -2.29. The minimum Gasteiger partial charge on any atom is -0.454 e. The maximum Gasteiger partial charge on any atom is 0.296 e. The van der Waals surface area contributed by atoms with E-state index >= 15 is 0 Å². The first-order valence-electron chi connectivity index (χ1n) is 6.73. The van der Waals surface area contributed by atoms with Crippen LogP contribution in [0.25, 0.3) is 0 Å². The molecule has 0 saturated heterocycles. The van der Waals surface area contributed by atoms with E-state index in [2.05, 4.69) is 5.32 Å². The Kier molecular flexibility index (Phi) is 3.35. The number of nitrogens with two attached hydrogens (primary N) is 1. The van der Waals surface area contributed by atoms with Crippen molar-refractivity contribution < 1.29 is 14.4 Å². The monoisotopic (exact) mass is 279 g/mol. The smallest absolute Gasteiger partial charge is 0.296 e. The highest BCUT2D eigenvalue weighted by Crippen LogP contribution is 2.41. The first-order chi connectivity index (χ1) is 9.69. The normalized spacial score (nSPS) is 23.9. The number of anilines is 1. The highest BCUT2D eigenvalue weighted by molar-refractivity contribution is 5.69. The van der Waals surface area contributed by atoms with Gasteiger partial charge >= 0.3 is 0 Å². The van der Waals surface area contributed by atoms with Gasteiger partial charge in [0, 0.05) is 12.1 Å². The molecule has 7 nitrogen and oxygen atoms in total. The van der Waals surface area contributed by atoms with Gasteiger partial charge in [-0.15, -0.1) is 0 Å². The second kappa shape index (κ2) is 5.16. The van der Waals surface area contributed by atoms with Crippen LogP contribution in [0.15, 0.2) is 12.1 Å². The lowest BCUT2D eigenvalue weighted by atomic mass is 10.0. The average molecular weight is 279 g/mol. The Morgan fingerprint density at radius 1 is 1.35 bits per heavy atom. The molecule has 1 heterocycles. The molecule has 1 aliphatic heterocycles. The number of nitrogens with zero attached hydrogens (tertiary/aromatic N) is 1. The highest BCUT2D eigenvalue weighted by Gasteiger charge is 2.30. The summed E-state index contributed by atoms with van der Waals surface area (Å²) in [6.07, 6.45) is 3.14. The number of nitro benzene ring substituents is 1. The molecule has 1 aromatic rings. The van der Waals surface area contributed by atoms with Gasteiger partial charge < -0.3 is 20.5 Å². The van der Waals surface area contributed by atoms with Gasteiger partial charge in [0.1, 0.15) is 5.69 Å². The molecular formula is C13H17N3O4. The topological polar surface area (TPSA) is 99.7 Å². The van der Waals surface area contributed by atoms with Gasteiger partial charge in [-0.2, -0.15) is 0 Å². The van der Waals surface area contributed by atoms with E-state index in [1.54, 1.807) is 6.07 Å². The number of hydrogen-bond acceptors (Lipinski definition) is 6. The van der Waals surface area contributed by atoms with Crippen molar-refractivity contribution >= 4 is 11.4 Å². The molecule has 1 saturated carbocycles. The molecule has 1 aromatic carbocycles. The molecule has 1 aliphatic carbocycles. The van der Waals surface area contributed by atoms with Crippen molar-refractivity contribution in [2.75, 3.05) is 18.7 Å². The van der Waals surface area contributed by atoms with E-state index in [1.807, 2.05) is 0 Å². The van der Waals surface area contributed by atoms with Gasteiger partial charge in [0.15, 0.2) is 11.5 Å². The van der Waals surface area contributed by atoms with E-state index in [9.17, 15) is 10.1 Å². The molecule has 0 bridgehead atoms. The summed E-state index contributed by atoms with van der Waals surface area (Å²) in [5.41, 5.74) is 6.23. The average Bonchev–Trinajstić information content (AvgIpc) is 3.05. The molecule has 0 spiro atoms. The Hall–Kier alpha value is -2.02. The van der Waals surface area contributed by atoms with Crippen LogP contribution in [0.2, 0.25) is 0 Å². The van der Waals surface area contributed by atoms with Gasteiger partial charge in [0.05, 0.1) is 11.0 Å². The van der Waals surface area contributed by atoms with E-state index in [1.165, 1.54) is 6.07 Å². The summed E-state index contributed by atoms with van der Waals surface area (Å²) in [6.45, 7) is 0.695. The minimum absolute atomic E-state index is 0.0110. The van der Waals surface area contributed by atoms with Crippen molar-refractivity contribution in [3.05, 3.63) is 22.2 Å². The van der Waals surface area contributed by atoms with E-state index in [0.29, 0.717) is 29.6 Å². The summed E-state index contributed by atoms with van der Waals surface area (Å²) in [4.78, 5) is 10.8. The van der Waals surface area contributed by atoms with Crippen LogP contribution in [-0.4, -0.2) is 24.3 Å². The first-order valence-corrected chi connectivity index (χ1v) is 6.73. The van der Waals surface area contributed by atoms with Gasteiger partial charge in [-0.25, -0.2) is 0 Å². The molecular weight excluding hydrogens is 262 g/mol. The Balaban J connectivity index is 1.90. The molecule has 3 N–H and O–H groups in total. The molecule has 2 atom stereocenters. The molecule has 2 aliphatic rings. The predicted molar refractivity (Wildman–Crippen MR) is 73.0 cm³/mol. The zero-order valence-electron chi connectivity index (χ0n) is 11.0. The third-order valence-corrected chi connectivity index (χ3v) is 3.99. The van der Waals surface area contributed by atoms with Crippen molar-refractivity contribution in [1.29, 1.82) is 0 Å². The summed E-state index contributed by atoms with van der Waals surface area (Å²) in [7, 11) is 0. The fourth-order valence-electron chi connectivity index (χ4n) is 2.91. The van der Waals surface area contributed by atoms with E-state index in [0.717, 1.165) is 19.3 Å². The Bertz CT molecular complexity index is 535. The van der Waals surface area contributed by atoms with Crippen molar-refractivity contribution in [2.45, 2.75) is 25.3 Å². The van der Waals surface area contributed by atoms with Gasteiger partial charge in [-0.1, -0.05) is 6.42 Å². The zero-order chi connectivity index (χ0) is 14.1. The molecule has 7 heteroatoms. The van der Waals surface area contributed by atoms with Crippen LogP contribution in [0.1, 0.15) is 19.3 Å². The van der Waals surface area contributed by atoms with Gasteiger partial charge in [-0.05, 0) is 25.3 Å². The van der Waals surface area contributed by atoms with Gasteiger partial charge in [0.25, 0.3) is 5.69 Å². The standard InChI is InChI=1S/C13H17N3O4/c14-6-8-2-1-3-9(8)15-10-4-12-13(20-7-19-12)5-11(10)16(17)18/h4-5,8-9,15H,1-3,6-7,14H2. The molecule has 1 fully saturated rings. The SMILES string of the molecule is NCC1CCCC1Nc1cc2c(cc1[N+](=O)[O-])OCO2. The summed E-state index contributed by atoms with van der Waals surface area (Å²) in [5, 5.41) is 14.5. The van der Waals surface area contributed by atoms with Crippen molar-refractivity contribution in [2.24, 2.45) is 11.7 Å². The second-order valence-electron chi connectivity index (χ2n) is 5.16. The molecule has 108 valence electrons. The largest absolute Gasteiger partial charge is 0.454 e. The fourth-order valence-corrected chi connectivity index (χ4v) is 2.91. The molecule has 2 unspecified atom stereocenters. The van der Waals surface area contributed by atoms with Crippen LogP contribution in [0.4, 0.5) is 11.4 Å². The van der Waals surface area contributed by atoms with Crippen LogP contribution in [0, 0.1) is 16.0 Å². The third-order valence-electron chi connectivity index (χ3n) is 3.99. The van der Waals surface area contributed by atoms with Crippen LogP contribution in [0.3, 0.4) is 0 Å². The lowest BCUT2D eigenvalue weighted by Gasteiger charge is -2.20. The van der Waals surface area contributed by atoms with Crippen molar-refractivity contribution in [3.8, 4) is 11.5 Å². The van der Waals surface area contributed by atoms with E-state index in [4.69, 9.17) is 15.2 Å². The zero-order valence-corrected chi connectivity index (χ0v) is 11.0. The summed E-state index contributed by atoms with van der Waals surface area (Å²) < 4.78 is 10.5. The summed E-state index contributed by atoms with van der Waals surface area (Å²) in [6, 6.07) is 3.24. The Labute approximate surface area is 116 Å². The molecule has 0 amide bonds. The van der Waals surface area contributed by atoms with Crippen LogP contribution < -0.4 is 20.5 Å². The molecule has 0 radical (unpaired) electrons. The van der Waals surface area contributed by atoms with Crippen LogP contribution in [-0.2, 0) is 0 Å². The quantitative estimate of drug-likeness (QED) is 0.644. The lowest BCUT2D eigenvalue weighted by molar-refractivity contribution is -0.384. The number of hydrogen-bond donors (Lipinski definition) is 2. The maximum absolute atomic E-state index is 11.2. The Morgan fingerprint density at radius 2 is 2.10 bits per heavy atom. The number of benzene rings is 1. The van der Waals surface area contributed by atoms with Crippen LogP contribution in [0.5, 0.6) is 11.5 Å². The number of nitrogens with one attached hydrogen (secondary N) is 1. The number of rotatable bonds is 4. The molecule has 3 rings (SSSR count). The van der Waals surface area contributed by atoms with E-state index < -0.39 is 4.92 Å². The molecule has 0 aromatic heterocycles. The number of fused-ring (bicyclic) bond motifs is 1. The fraction of sp³-hybridized carbons (Fsp3) is 0.538. The first kappa shape index (κ1) is 13.0.